The van der Waals surface area contributed by atoms with Crippen molar-refractivity contribution >= 4 is 11.6 Å². The number of amides is 1. The van der Waals surface area contributed by atoms with Crippen molar-refractivity contribution < 1.29 is 35.6 Å². The van der Waals surface area contributed by atoms with E-state index in [2.05, 4.69) is 15.2 Å². The van der Waals surface area contributed by atoms with Gasteiger partial charge in [-0.25, -0.2) is 4.98 Å². The van der Waals surface area contributed by atoms with Gasteiger partial charge in [0.1, 0.15) is 11.6 Å². The Morgan fingerprint density at radius 3 is 2.40 bits per heavy atom. The average molecular weight is 499 g/mol. The van der Waals surface area contributed by atoms with Crippen LogP contribution in [0.25, 0.3) is 11.6 Å². The summed E-state index contributed by atoms with van der Waals surface area (Å²) in [5, 5.41) is 6.96. The molecule has 0 radical (unpaired) electrons. The first-order chi connectivity index (χ1) is 16.4. The van der Waals surface area contributed by atoms with Gasteiger partial charge in [0.2, 0.25) is 5.89 Å². The van der Waals surface area contributed by atoms with Crippen molar-refractivity contribution in [1.82, 2.24) is 20.1 Å². The summed E-state index contributed by atoms with van der Waals surface area (Å²) >= 11 is 0. The van der Waals surface area contributed by atoms with Gasteiger partial charge in [-0.05, 0) is 24.5 Å². The number of nitrogens with zero attached hydrogens (tertiary/aromatic N) is 4. The van der Waals surface area contributed by atoms with Crippen molar-refractivity contribution in [3.8, 4) is 11.6 Å². The molecule has 0 saturated heterocycles. The summed E-state index contributed by atoms with van der Waals surface area (Å²) in [4.78, 5) is 18.3. The predicted molar refractivity (Wildman–Crippen MR) is 111 cm³/mol. The van der Waals surface area contributed by atoms with Gasteiger partial charge in [0, 0.05) is 13.1 Å². The largest absolute Gasteiger partial charge is 0.419 e. The third-order valence-electron chi connectivity index (χ3n) is 5.57. The average Bonchev–Trinajstić information content (AvgIpc) is 3.25. The minimum absolute atomic E-state index is 0.000259. The van der Waals surface area contributed by atoms with Crippen LogP contribution >= 0.6 is 0 Å². The molecule has 1 aliphatic heterocycles. The summed E-state index contributed by atoms with van der Waals surface area (Å²) in [5.74, 6) is -4.49. The molecule has 186 valence electrons. The highest BCUT2D eigenvalue weighted by atomic mass is 19.4. The van der Waals surface area contributed by atoms with Crippen LogP contribution in [0.2, 0.25) is 0 Å². The molecule has 1 aliphatic rings. The molecule has 3 aromatic rings. The lowest BCUT2D eigenvalue weighted by Gasteiger charge is -2.25. The first-order valence-electron chi connectivity index (χ1n) is 10.6. The maximum absolute atomic E-state index is 13.8. The lowest BCUT2D eigenvalue weighted by molar-refractivity contribution is -0.156. The van der Waals surface area contributed by atoms with E-state index in [1.165, 1.54) is 0 Å². The fourth-order valence-corrected chi connectivity index (χ4v) is 3.83. The summed E-state index contributed by atoms with van der Waals surface area (Å²) in [6, 6.07) is 8.99. The second-order valence-corrected chi connectivity index (χ2v) is 8.07. The second kappa shape index (κ2) is 9.19. The van der Waals surface area contributed by atoms with Crippen LogP contribution in [0.3, 0.4) is 0 Å². The molecule has 2 N–H and O–H groups in total. The molecular weight excluding hydrogens is 480 g/mol. The molecule has 4 rings (SSSR count). The molecule has 13 heteroatoms. The quantitative estimate of drug-likeness (QED) is 0.487. The van der Waals surface area contributed by atoms with Gasteiger partial charge >= 0.3 is 12.4 Å². The van der Waals surface area contributed by atoms with E-state index >= 15 is 0 Å². The summed E-state index contributed by atoms with van der Waals surface area (Å²) in [7, 11) is 0. The maximum Gasteiger partial charge on any atom is 0.418 e. The van der Waals surface area contributed by atoms with E-state index in [1.54, 1.807) is 30.3 Å². The Labute approximate surface area is 195 Å². The van der Waals surface area contributed by atoms with Gasteiger partial charge in [0.15, 0.2) is 5.69 Å². The highest BCUT2D eigenvalue weighted by molar-refractivity contribution is 5.95. The molecule has 1 atom stereocenters. The third kappa shape index (κ3) is 5.23. The standard InChI is InChI=1S/C22H19F6N5O2/c23-21(24,25)13-8-4-5-9-33(11-12-6-2-1-3-7-12)20(34)16-14(22(26,27)28)10-15(29)17(30-16)19-32-31-18(13)35-19/h1-3,6-7,10,13H,4-5,8-9,11,29H2. The summed E-state index contributed by atoms with van der Waals surface area (Å²) in [6.45, 7) is -0.156. The van der Waals surface area contributed by atoms with Gasteiger partial charge in [-0.2, -0.15) is 26.3 Å². The highest BCUT2D eigenvalue weighted by Gasteiger charge is 2.45. The number of benzene rings is 1. The first-order valence-corrected chi connectivity index (χ1v) is 10.6. The fraction of sp³-hybridized carbons (Fsp3) is 0.364. The monoisotopic (exact) mass is 499 g/mol. The Kier molecular flexibility index (Phi) is 6.43. The number of hydrogen-bond donors (Lipinski definition) is 1. The Morgan fingerprint density at radius 2 is 1.74 bits per heavy atom. The SMILES string of the molecule is Nc1cc(C(F)(F)F)c2nc1-c1nnc(o1)C(C(F)(F)F)CCCCN(Cc1ccccc1)C2=O. The van der Waals surface area contributed by atoms with Crippen molar-refractivity contribution in [2.75, 3.05) is 12.3 Å². The van der Waals surface area contributed by atoms with Gasteiger partial charge in [-0.1, -0.05) is 36.8 Å². The van der Waals surface area contributed by atoms with E-state index in [1.807, 2.05) is 0 Å². The number of halogens is 6. The van der Waals surface area contributed by atoms with E-state index in [9.17, 15) is 31.1 Å². The Bertz CT molecular complexity index is 1210. The van der Waals surface area contributed by atoms with E-state index in [4.69, 9.17) is 10.2 Å². The van der Waals surface area contributed by atoms with E-state index in [0.29, 0.717) is 11.6 Å². The van der Waals surface area contributed by atoms with Crippen LogP contribution in [-0.2, 0) is 12.7 Å². The molecule has 1 unspecified atom stereocenters. The molecule has 3 heterocycles. The van der Waals surface area contributed by atoms with Crippen LogP contribution in [0.5, 0.6) is 0 Å². The fourth-order valence-electron chi connectivity index (χ4n) is 3.83. The van der Waals surface area contributed by atoms with Gasteiger partial charge in [0.25, 0.3) is 11.8 Å². The molecule has 0 spiro atoms. The number of pyridine rings is 1. The van der Waals surface area contributed by atoms with Crippen molar-refractivity contribution in [1.29, 1.82) is 0 Å². The molecule has 35 heavy (non-hydrogen) atoms. The number of nitrogen functional groups attached to an aromatic ring is 1. The molecule has 0 saturated carbocycles. The predicted octanol–water partition coefficient (Wildman–Crippen LogP) is 5.20. The van der Waals surface area contributed by atoms with Crippen molar-refractivity contribution in [3.05, 3.63) is 59.1 Å². The normalized spacial score (nSPS) is 17.5. The molecule has 1 aromatic carbocycles. The van der Waals surface area contributed by atoms with Crippen molar-refractivity contribution in [2.45, 2.75) is 44.1 Å². The number of fused-ring (bicyclic) bond motifs is 5. The summed E-state index contributed by atoms with van der Waals surface area (Å²) < 4.78 is 87.6. The summed E-state index contributed by atoms with van der Waals surface area (Å²) in [6.07, 6.45) is -9.99. The van der Waals surface area contributed by atoms with Crippen molar-refractivity contribution in [2.24, 2.45) is 0 Å². The molecule has 1 amide bonds. The number of alkyl halides is 6. The van der Waals surface area contributed by atoms with E-state index < -0.39 is 65.0 Å². The molecular formula is C22H19F6N5O2. The number of carbonyl (C=O) groups is 1. The number of nitrogens with two attached hydrogens (primary N) is 1. The molecule has 0 aliphatic carbocycles. The van der Waals surface area contributed by atoms with Gasteiger partial charge < -0.3 is 15.1 Å². The summed E-state index contributed by atoms with van der Waals surface area (Å²) in [5.41, 5.74) is 2.96. The zero-order valence-corrected chi connectivity index (χ0v) is 18.0. The zero-order valence-electron chi connectivity index (χ0n) is 18.0. The number of carbonyl (C=O) groups excluding carboxylic acids is 1. The molecule has 4 bridgehead atoms. The van der Waals surface area contributed by atoms with Crippen molar-refractivity contribution in [3.63, 3.8) is 0 Å². The topological polar surface area (TPSA) is 98.1 Å². The van der Waals surface area contributed by atoms with Gasteiger partial charge in [0.05, 0.1) is 11.3 Å². The third-order valence-corrected chi connectivity index (χ3v) is 5.57. The Balaban J connectivity index is 1.86. The Morgan fingerprint density at radius 1 is 1.03 bits per heavy atom. The minimum atomic E-state index is -4.97. The van der Waals surface area contributed by atoms with Crippen LogP contribution in [0.15, 0.2) is 40.8 Å². The van der Waals surface area contributed by atoms with Crippen LogP contribution < -0.4 is 5.73 Å². The molecule has 0 fully saturated rings. The van der Waals surface area contributed by atoms with Gasteiger partial charge in [-0.15, -0.1) is 10.2 Å². The van der Waals surface area contributed by atoms with E-state index in [0.717, 1.165) is 4.90 Å². The maximum atomic E-state index is 13.8. The number of aromatic nitrogens is 3. The van der Waals surface area contributed by atoms with Crippen LogP contribution in [0, 0.1) is 0 Å². The second-order valence-electron chi connectivity index (χ2n) is 8.07. The lowest BCUT2D eigenvalue weighted by atomic mass is 10.0. The highest BCUT2D eigenvalue weighted by Crippen LogP contribution is 2.40. The smallest absolute Gasteiger partial charge is 0.418 e. The first kappa shape index (κ1) is 24.5. The lowest BCUT2D eigenvalue weighted by Crippen LogP contribution is -2.34. The molecule has 7 nitrogen and oxygen atoms in total. The minimum Gasteiger partial charge on any atom is -0.419 e. The number of rotatable bonds is 2. The van der Waals surface area contributed by atoms with Crippen LogP contribution in [-0.4, -0.2) is 38.7 Å². The van der Waals surface area contributed by atoms with E-state index in [-0.39, 0.29) is 25.9 Å². The van der Waals surface area contributed by atoms with Crippen LogP contribution in [0.1, 0.15) is 52.7 Å². The Hall–Kier alpha value is -3.64. The number of hydrogen-bond acceptors (Lipinski definition) is 6. The van der Waals surface area contributed by atoms with Crippen LogP contribution in [0.4, 0.5) is 32.0 Å². The molecule has 2 aromatic heterocycles. The van der Waals surface area contributed by atoms with Gasteiger partial charge in [-0.3, -0.25) is 4.79 Å². The zero-order chi connectivity index (χ0) is 25.4. The number of anilines is 1.